The quantitative estimate of drug-likeness (QED) is 0.346. The van der Waals surface area contributed by atoms with Gasteiger partial charge in [-0.3, -0.25) is 19.8 Å². The molecular weight excluding hydrogens is 581 g/mol. The average molecular weight is 609 g/mol. The van der Waals surface area contributed by atoms with Crippen LogP contribution in [0.2, 0.25) is 5.02 Å². The molecule has 0 unspecified atom stereocenters. The van der Waals surface area contributed by atoms with Crippen LogP contribution in [0, 0.1) is 5.92 Å². The molecule has 4 heterocycles. The SMILES string of the molecule is C[C@@H]1CCCN1Cc1sc(NC(=O)c2cnc(N3CCC(C(=O)O)CC3)cn2)nc1-c1cc(Cl)cc(C(F)(F)F)c1. The molecule has 14 heteroatoms. The molecule has 0 saturated carbocycles. The minimum Gasteiger partial charge on any atom is -0.481 e. The van der Waals surface area contributed by atoms with Gasteiger partial charge < -0.3 is 10.0 Å². The Labute approximate surface area is 243 Å². The summed E-state index contributed by atoms with van der Waals surface area (Å²) in [6, 6.07) is 3.65. The van der Waals surface area contributed by atoms with Crippen LogP contribution in [-0.2, 0) is 17.5 Å². The van der Waals surface area contributed by atoms with Gasteiger partial charge in [0.25, 0.3) is 5.91 Å². The number of carboxylic acids is 1. The van der Waals surface area contributed by atoms with Gasteiger partial charge in [-0.2, -0.15) is 13.2 Å². The zero-order valence-corrected chi connectivity index (χ0v) is 23.7. The maximum atomic E-state index is 13.5. The number of carbonyl (C=O) groups is 2. The third kappa shape index (κ3) is 6.79. The monoisotopic (exact) mass is 608 g/mol. The number of alkyl halides is 3. The number of nitrogens with zero attached hydrogens (tertiary/aromatic N) is 5. The van der Waals surface area contributed by atoms with Gasteiger partial charge in [0, 0.05) is 41.1 Å². The van der Waals surface area contributed by atoms with Crippen LogP contribution in [0.15, 0.2) is 30.6 Å². The minimum absolute atomic E-state index is 0.0442. The number of hydrogen-bond acceptors (Lipinski definition) is 8. The van der Waals surface area contributed by atoms with Gasteiger partial charge in [-0.15, -0.1) is 0 Å². The van der Waals surface area contributed by atoms with Crippen LogP contribution in [0.3, 0.4) is 0 Å². The minimum atomic E-state index is -4.58. The van der Waals surface area contributed by atoms with E-state index in [1.165, 1.54) is 29.8 Å². The second-order valence-corrected chi connectivity index (χ2v) is 11.8. The van der Waals surface area contributed by atoms with Crippen molar-refractivity contribution in [3.63, 3.8) is 0 Å². The number of likely N-dealkylation sites (tertiary alicyclic amines) is 1. The summed E-state index contributed by atoms with van der Waals surface area (Å²) in [5.41, 5.74) is -0.271. The average Bonchev–Trinajstić information content (AvgIpc) is 3.53. The number of benzene rings is 1. The van der Waals surface area contributed by atoms with Crippen molar-refractivity contribution in [1.82, 2.24) is 19.9 Å². The molecule has 3 aromatic rings. The maximum Gasteiger partial charge on any atom is 0.416 e. The molecule has 1 amide bonds. The summed E-state index contributed by atoms with van der Waals surface area (Å²) >= 11 is 7.26. The number of halogens is 4. The number of thiazole rings is 1. The summed E-state index contributed by atoms with van der Waals surface area (Å²) in [4.78, 5) is 42.2. The first-order valence-corrected chi connectivity index (χ1v) is 14.4. The molecule has 0 radical (unpaired) electrons. The van der Waals surface area contributed by atoms with Crippen LogP contribution in [0.5, 0.6) is 0 Å². The molecule has 2 aliphatic rings. The van der Waals surface area contributed by atoms with Gasteiger partial charge in [0.2, 0.25) is 0 Å². The number of nitrogens with one attached hydrogen (secondary N) is 1. The van der Waals surface area contributed by atoms with Gasteiger partial charge in [0.05, 0.1) is 29.6 Å². The van der Waals surface area contributed by atoms with Crippen molar-refractivity contribution in [2.75, 3.05) is 29.9 Å². The number of amides is 1. The Kier molecular flexibility index (Phi) is 8.48. The van der Waals surface area contributed by atoms with Crippen molar-refractivity contribution in [3.05, 3.63) is 51.7 Å². The molecule has 218 valence electrons. The molecule has 2 saturated heterocycles. The molecule has 41 heavy (non-hydrogen) atoms. The lowest BCUT2D eigenvalue weighted by atomic mass is 9.97. The van der Waals surface area contributed by atoms with Crippen LogP contribution in [0.4, 0.5) is 24.1 Å². The first-order valence-electron chi connectivity index (χ1n) is 13.2. The lowest BCUT2D eigenvalue weighted by Gasteiger charge is -2.30. The normalized spacial score (nSPS) is 18.6. The highest BCUT2D eigenvalue weighted by Crippen LogP contribution is 2.39. The summed E-state index contributed by atoms with van der Waals surface area (Å²) in [5, 5.41) is 12.1. The fourth-order valence-corrected chi connectivity index (χ4v) is 6.40. The molecular formula is C27H28ClF3N6O3S. The molecule has 0 spiro atoms. The van der Waals surface area contributed by atoms with E-state index in [0.29, 0.717) is 50.0 Å². The largest absolute Gasteiger partial charge is 0.481 e. The van der Waals surface area contributed by atoms with Crippen LogP contribution >= 0.6 is 22.9 Å². The molecule has 9 nitrogen and oxygen atoms in total. The number of hydrogen-bond donors (Lipinski definition) is 2. The molecule has 1 aromatic carbocycles. The van der Waals surface area contributed by atoms with Crippen LogP contribution in [-0.4, -0.2) is 62.5 Å². The van der Waals surface area contributed by atoms with E-state index in [2.05, 4.69) is 32.1 Å². The van der Waals surface area contributed by atoms with Crippen molar-refractivity contribution in [2.24, 2.45) is 5.92 Å². The number of carbonyl (C=O) groups excluding carboxylic acids is 1. The summed E-state index contributed by atoms with van der Waals surface area (Å²) < 4.78 is 40.6. The molecule has 2 aromatic heterocycles. The van der Waals surface area contributed by atoms with Crippen molar-refractivity contribution in [3.8, 4) is 11.3 Å². The zero-order chi connectivity index (χ0) is 29.3. The van der Waals surface area contributed by atoms with E-state index in [1.54, 1.807) is 0 Å². The number of carboxylic acid groups (broad SMARTS) is 1. The Bertz CT molecular complexity index is 1430. The standard InChI is InChI=1S/C27H28ClF3N6O3S/c1-15-3-2-6-37(15)14-21-23(17-9-18(27(29,30)31)11-19(28)10-17)34-26(41-21)35-24(38)20-12-33-22(13-32-20)36-7-4-16(5-8-36)25(39)40/h9-13,15-16H,2-8,14H2,1H3,(H,39,40)(H,34,35,38)/t15-/m1/s1. The Morgan fingerprint density at radius 3 is 2.49 bits per heavy atom. The molecule has 1 atom stereocenters. The first-order chi connectivity index (χ1) is 19.5. The number of anilines is 2. The van der Waals surface area contributed by atoms with E-state index in [-0.39, 0.29) is 27.3 Å². The van der Waals surface area contributed by atoms with Crippen LogP contribution in [0.1, 0.15) is 53.5 Å². The molecule has 0 bridgehead atoms. The van der Waals surface area contributed by atoms with Gasteiger partial charge in [-0.1, -0.05) is 22.9 Å². The third-order valence-electron chi connectivity index (χ3n) is 7.49. The zero-order valence-electron chi connectivity index (χ0n) is 22.1. The van der Waals surface area contributed by atoms with E-state index in [0.717, 1.165) is 36.4 Å². The topological polar surface area (TPSA) is 112 Å². The summed E-state index contributed by atoms with van der Waals surface area (Å²) in [7, 11) is 0. The van der Waals surface area contributed by atoms with Gasteiger partial charge in [-0.25, -0.2) is 15.0 Å². The van der Waals surface area contributed by atoms with Gasteiger partial charge in [0.15, 0.2) is 5.13 Å². The van der Waals surface area contributed by atoms with E-state index in [4.69, 9.17) is 11.6 Å². The highest BCUT2D eigenvalue weighted by molar-refractivity contribution is 7.16. The van der Waals surface area contributed by atoms with Gasteiger partial charge >= 0.3 is 12.1 Å². The molecule has 2 aliphatic heterocycles. The summed E-state index contributed by atoms with van der Waals surface area (Å²) in [5.74, 6) is -1.19. The molecule has 2 N–H and O–H groups in total. The second kappa shape index (κ2) is 11.9. The smallest absolute Gasteiger partial charge is 0.416 e. The highest BCUT2D eigenvalue weighted by atomic mass is 35.5. The molecule has 5 rings (SSSR count). The Morgan fingerprint density at radius 1 is 1.12 bits per heavy atom. The third-order valence-corrected chi connectivity index (χ3v) is 8.67. The van der Waals surface area contributed by atoms with Crippen molar-refractivity contribution in [1.29, 1.82) is 0 Å². The summed E-state index contributed by atoms with van der Waals surface area (Å²) in [6.45, 7) is 4.49. The number of rotatable bonds is 7. The van der Waals surface area contributed by atoms with E-state index in [1.807, 2.05) is 4.90 Å². The number of aliphatic carboxylic acids is 1. The van der Waals surface area contributed by atoms with E-state index in [9.17, 15) is 27.9 Å². The Morgan fingerprint density at radius 2 is 1.88 bits per heavy atom. The molecule has 2 fully saturated rings. The highest BCUT2D eigenvalue weighted by Gasteiger charge is 2.32. The fraction of sp³-hybridized carbons (Fsp3) is 0.444. The van der Waals surface area contributed by atoms with Crippen molar-refractivity contribution < 1.29 is 27.9 Å². The molecule has 0 aliphatic carbocycles. The van der Waals surface area contributed by atoms with Crippen molar-refractivity contribution in [2.45, 2.75) is 51.4 Å². The number of aromatic nitrogens is 3. The Balaban J connectivity index is 1.36. The van der Waals surface area contributed by atoms with E-state index >= 15 is 0 Å². The van der Waals surface area contributed by atoms with Crippen LogP contribution in [0.25, 0.3) is 11.3 Å². The predicted octanol–water partition coefficient (Wildman–Crippen LogP) is 5.81. The Hall–Kier alpha value is -3.29. The number of piperidine rings is 1. The first kappa shape index (κ1) is 29.2. The van der Waals surface area contributed by atoms with Gasteiger partial charge in [0.1, 0.15) is 11.5 Å². The lowest BCUT2D eigenvalue weighted by molar-refractivity contribution is -0.142. The predicted molar refractivity (Wildman–Crippen MR) is 149 cm³/mol. The lowest BCUT2D eigenvalue weighted by Crippen LogP contribution is -2.36. The van der Waals surface area contributed by atoms with Gasteiger partial charge in [-0.05, 0) is 57.4 Å². The van der Waals surface area contributed by atoms with Crippen LogP contribution < -0.4 is 10.2 Å². The maximum absolute atomic E-state index is 13.5. The van der Waals surface area contributed by atoms with E-state index < -0.39 is 23.6 Å². The summed E-state index contributed by atoms with van der Waals surface area (Å²) in [6.07, 6.45) is 1.28. The fourth-order valence-electron chi connectivity index (χ4n) is 5.16. The second-order valence-electron chi connectivity index (χ2n) is 10.3. The van der Waals surface area contributed by atoms with Crippen molar-refractivity contribution >= 4 is 45.8 Å².